The predicted molar refractivity (Wildman–Crippen MR) is 75.3 cm³/mol. The first kappa shape index (κ1) is 16.0. The van der Waals surface area contributed by atoms with Crippen molar-refractivity contribution in [2.24, 2.45) is 0 Å². The molecular formula is C12H14ClNO6S. The van der Waals surface area contributed by atoms with Gasteiger partial charge in [-0.3, -0.25) is 10.1 Å². The van der Waals surface area contributed by atoms with Crippen molar-refractivity contribution in [3.05, 3.63) is 27.8 Å². The molecule has 21 heavy (non-hydrogen) atoms. The Labute approximate surface area is 126 Å². The van der Waals surface area contributed by atoms with Gasteiger partial charge < -0.3 is 9.47 Å². The minimum Gasteiger partial charge on any atom is -0.489 e. The number of nitrogens with zero attached hydrogens (tertiary/aromatic N) is 1. The van der Waals surface area contributed by atoms with Crippen LogP contribution in [0.1, 0.15) is 18.4 Å². The molecule has 1 saturated heterocycles. The van der Waals surface area contributed by atoms with Crippen LogP contribution in [0.3, 0.4) is 0 Å². The average Bonchev–Trinajstić information content (AvgIpc) is 2.40. The fourth-order valence-corrected chi connectivity index (χ4v) is 3.16. The summed E-state index contributed by atoms with van der Waals surface area (Å²) in [5.74, 6) is 0.0718. The van der Waals surface area contributed by atoms with Crippen LogP contribution < -0.4 is 4.74 Å². The summed E-state index contributed by atoms with van der Waals surface area (Å²) in [6, 6.07) is 2.18. The maximum atomic E-state index is 11.7. The Morgan fingerprint density at radius 2 is 2.00 bits per heavy atom. The SMILES string of the molecule is Cc1cc([N+](=O)[O-])cc(S(=O)(=O)Cl)c1OC1CCOCC1. The van der Waals surface area contributed by atoms with Gasteiger partial charge in [0.05, 0.1) is 18.1 Å². The van der Waals surface area contributed by atoms with Crippen LogP contribution in [0.5, 0.6) is 5.75 Å². The van der Waals surface area contributed by atoms with Gasteiger partial charge >= 0.3 is 0 Å². The summed E-state index contributed by atoms with van der Waals surface area (Å²) in [5.41, 5.74) is 0.0148. The van der Waals surface area contributed by atoms with Gasteiger partial charge in [0, 0.05) is 35.7 Å². The van der Waals surface area contributed by atoms with Gasteiger partial charge in [0.15, 0.2) is 0 Å². The van der Waals surface area contributed by atoms with E-state index in [0.29, 0.717) is 31.6 Å². The highest BCUT2D eigenvalue weighted by Gasteiger charge is 2.26. The number of nitro benzene ring substituents is 1. The van der Waals surface area contributed by atoms with Crippen molar-refractivity contribution in [2.45, 2.75) is 30.8 Å². The lowest BCUT2D eigenvalue weighted by molar-refractivity contribution is -0.385. The summed E-state index contributed by atoms with van der Waals surface area (Å²) in [7, 11) is 1.22. The van der Waals surface area contributed by atoms with Crippen LogP contribution in [0.2, 0.25) is 0 Å². The molecule has 7 nitrogen and oxygen atoms in total. The molecular weight excluding hydrogens is 322 g/mol. The Bertz CT molecular complexity index is 654. The summed E-state index contributed by atoms with van der Waals surface area (Å²) in [6.45, 7) is 2.60. The van der Waals surface area contributed by atoms with Gasteiger partial charge in [-0.1, -0.05) is 0 Å². The second kappa shape index (κ2) is 6.17. The van der Waals surface area contributed by atoms with Crippen molar-refractivity contribution in [3.8, 4) is 5.75 Å². The average molecular weight is 336 g/mol. The largest absolute Gasteiger partial charge is 0.489 e. The van der Waals surface area contributed by atoms with Crippen molar-refractivity contribution in [1.29, 1.82) is 0 Å². The standard InChI is InChI=1S/C12H14ClNO6S/c1-8-6-9(14(15)16)7-11(21(13,17)18)12(8)20-10-2-4-19-5-3-10/h6-7,10H,2-5H2,1H3. The highest BCUT2D eigenvalue weighted by molar-refractivity contribution is 8.13. The fraction of sp³-hybridized carbons (Fsp3) is 0.500. The quantitative estimate of drug-likeness (QED) is 0.476. The normalized spacial score (nSPS) is 16.7. The molecule has 0 unspecified atom stereocenters. The van der Waals surface area contributed by atoms with Crippen molar-refractivity contribution in [3.63, 3.8) is 0 Å². The van der Waals surface area contributed by atoms with E-state index in [9.17, 15) is 18.5 Å². The van der Waals surface area contributed by atoms with Gasteiger partial charge in [0.2, 0.25) is 0 Å². The fourth-order valence-electron chi connectivity index (χ4n) is 2.12. The molecule has 0 bridgehead atoms. The molecule has 0 spiro atoms. The number of non-ortho nitro benzene ring substituents is 1. The van der Waals surface area contributed by atoms with Gasteiger partial charge in [0.1, 0.15) is 16.7 Å². The van der Waals surface area contributed by atoms with Crippen LogP contribution >= 0.6 is 10.7 Å². The lowest BCUT2D eigenvalue weighted by Crippen LogP contribution is -2.26. The van der Waals surface area contributed by atoms with Crippen LogP contribution in [0, 0.1) is 17.0 Å². The molecule has 0 radical (unpaired) electrons. The summed E-state index contributed by atoms with van der Waals surface area (Å²) >= 11 is 0. The van der Waals surface area contributed by atoms with E-state index in [1.165, 1.54) is 6.07 Å². The Hall–Kier alpha value is -1.38. The Balaban J connectivity index is 2.45. The molecule has 0 atom stereocenters. The predicted octanol–water partition coefficient (Wildman–Crippen LogP) is 2.39. The van der Waals surface area contributed by atoms with E-state index in [4.69, 9.17) is 20.2 Å². The monoisotopic (exact) mass is 335 g/mol. The molecule has 116 valence electrons. The molecule has 2 rings (SSSR count). The molecule has 9 heteroatoms. The Morgan fingerprint density at radius 1 is 1.38 bits per heavy atom. The van der Waals surface area contributed by atoms with Crippen LogP contribution in [0.15, 0.2) is 17.0 Å². The molecule has 1 heterocycles. The van der Waals surface area contributed by atoms with E-state index in [1.807, 2.05) is 0 Å². The van der Waals surface area contributed by atoms with Crippen molar-refractivity contribution in [2.75, 3.05) is 13.2 Å². The van der Waals surface area contributed by atoms with E-state index in [1.54, 1.807) is 6.92 Å². The number of nitro groups is 1. The van der Waals surface area contributed by atoms with Crippen LogP contribution in [-0.2, 0) is 13.8 Å². The summed E-state index contributed by atoms with van der Waals surface area (Å²) in [4.78, 5) is 9.80. The van der Waals surface area contributed by atoms with Crippen molar-refractivity contribution >= 4 is 25.4 Å². The summed E-state index contributed by atoms with van der Waals surface area (Å²) in [6.07, 6.45) is 1.05. The second-order valence-electron chi connectivity index (χ2n) is 4.71. The maximum absolute atomic E-state index is 11.7. The molecule has 1 aliphatic heterocycles. The lowest BCUT2D eigenvalue weighted by atomic mass is 10.1. The van der Waals surface area contributed by atoms with E-state index in [-0.39, 0.29) is 22.4 Å². The Kier molecular flexibility index (Phi) is 4.70. The first-order chi connectivity index (χ1) is 9.79. The zero-order valence-corrected chi connectivity index (χ0v) is 12.8. The van der Waals surface area contributed by atoms with Gasteiger partial charge in [-0.15, -0.1) is 0 Å². The van der Waals surface area contributed by atoms with Crippen LogP contribution in [-0.4, -0.2) is 32.7 Å². The molecule has 0 aliphatic carbocycles. The molecule has 0 amide bonds. The smallest absolute Gasteiger partial charge is 0.271 e. The number of hydrogen-bond acceptors (Lipinski definition) is 6. The molecule has 0 N–H and O–H groups in total. The Morgan fingerprint density at radius 3 is 2.52 bits per heavy atom. The van der Waals surface area contributed by atoms with Gasteiger partial charge in [-0.2, -0.15) is 0 Å². The third-order valence-electron chi connectivity index (χ3n) is 3.15. The van der Waals surface area contributed by atoms with Gasteiger partial charge in [-0.25, -0.2) is 8.42 Å². The molecule has 0 saturated carbocycles. The van der Waals surface area contributed by atoms with Gasteiger partial charge in [0.25, 0.3) is 14.7 Å². The van der Waals surface area contributed by atoms with Crippen LogP contribution in [0.25, 0.3) is 0 Å². The first-order valence-corrected chi connectivity index (χ1v) is 8.58. The zero-order chi connectivity index (χ0) is 15.6. The number of hydrogen-bond donors (Lipinski definition) is 0. The lowest BCUT2D eigenvalue weighted by Gasteiger charge is -2.25. The number of benzene rings is 1. The number of aryl methyl sites for hydroxylation is 1. The van der Waals surface area contributed by atoms with E-state index >= 15 is 0 Å². The molecule has 0 aromatic heterocycles. The van der Waals surface area contributed by atoms with E-state index < -0.39 is 14.0 Å². The molecule has 1 aromatic carbocycles. The highest BCUT2D eigenvalue weighted by atomic mass is 35.7. The number of rotatable bonds is 4. The second-order valence-corrected chi connectivity index (χ2v) is 7.25. The molecule has 1 aromatic rings. The summed E-state index contributed by atoms with van der Waals surface area (Å²) < 4.78 is 34.2. The van der Waals surface area contributed by atoms with E-state index in [0.717, 1.165) is 6.07 Å². The number of halogens is 1. The first-order valence-electron chi connectivity index (χ1n) is 6.27. The maximum Gasteiger partial charge on any atom is 0.271 e. The topological polar surface area (TPSA) is 95.7 Å². The van der Waals surface area contributed by atoms with Crippen molar-refractivity contribution < 1.29 is 22.8 Å². The third kappa shape index (κ3) is 3.84. The van der Waals surface area contributed by atoms with Crippen molar-refractivity contribution in [1.82, 2.24) is 0 Å². The molecule has 1 fully saturated rings. The summed E-state index contributed by atoms with van der Waals surface area (Å²) in [5, 5.41) is 10.8. The van der Waals surface area contributed by atoms with Gasteiger partial charge in [-0.05, 0) is 12.5 Å². The third-order valence-corrected chi connectivity index (χ3v) is 4.48. The van der Waals surface area contributed by atoms with Crippen LogP contribution in [0.4, 0.5) is 5.69 Å². The molecule has 1 aliphatic rings. The minimum atomic E-state index is -4.15. The van der Waals surface area contributed by atoms with E-state index in [2.05, 4.69) is 0 Å². The zero-order valence-electron chi connectivity index (χ0n) is 11.2. The highest BCUT2D eigenvalue weighted by Crippen LogP contribution is 2.35. The minimum absolute atomic E-state index is 0.0718. The number of ether oxygens (including phenoxy) is 2.